The lowest BCUT2D eigenvalue weighted by molar-refractivity contribution is -0.116. The highest BCUT2D eigenvalue weighted by atomic mass is 16.5. The van der Waals surface area contributed by atoms with Crippen LogP contribution in [0.2, 0.25) is 0 Å². The standard InChI is InChI=1S/C30H32N2O3/c1-30(2,3)20-14-12-18(13-15-20)19-16-24-27(25(33)17-19)28(21-8-7-11-26(35-4)29(21)34)32-23-10-6-5-9-22(23)31-24/h5-15,19,28,31-32,34H,16-17H2,1-4H3. The first-order chi connectivity index (χ1) is 16.8. The van der Waals surface area contributed by atoms with Crippen molar-refractivity contribution in [2.75, 3.05) is 17.7 Å². The Bertz CT molecular complexity index is 1300. The minimum absolute atomic E-state index is 0.0476. The number of ketones is 1. The summed E-state index contributed by atoms with van der Waals surface area (Å²) in [6.45, 7) is 6.62. The summed E-state index contributed by atoms with van der Waals surface area (Å²) < 4.78 is 5.35. The second-order valence-electron chi connectivity index (χ2n) is 10.4. The molecule has 0 bridgehead atoms. The van der Waals surface area contributed by atoms with Gasteiger partial charge in [0.2, 0.25) is 0 Å². The highest BCUT2D eigenvalue weighted by Gasteiger charge is 2.37. The number of para-hydroxylation sites is 3. The van der Waals surface area contributed by atoms with Gasteiger partial charge < -0.3 is 20.5 Å². The van der Waals surface area contributed by atoms with Crippen LogP contribution in [-0.4, -0.2) is 18.0 Å². The van der Waals surface area contributed by atoms with E-state index in [1.165, 1.54) is 18.2 Å². The van der Waals surface area contributed by atoms with Crippen molar-refractivity contribution in [2.45, 2.75) is 51.0 Å². The first-order valence-electron chi connectivity index (χ1n) is 12.1. The van der Waals surface area contributed by atoms with Crippen molar-refractivity contribution < 1.29 is 14.6 Å². The molecule has 1 aliphatic heterocycles. The number of hydrogen-bond donors (Lipinski definition) is 3. The highest BCUT2D eigenvalue weighted by Crippen LogP contribution is 2.47. The van der Waals surface area contributed by atoms with Crippen molar-refractivity contribution in [1.82, 2.24) is 0 Å². The van der Waals surface area contributed by atoms with Gasteiger partial charge in [-0.3, -0.25) is 4.79 Å². The number of benzene rings is 3. The van der Waals surface area contributed by atoms with E-state index >= 15 is 0 Å². The summed E-state index contributed by atoms with van der Waals surface area (Å²) in [5.41, 5.74) is 6.53. The Labute approximate surface area is 206 Å². The molecular formula is C30H32N2O3. The number of nitrogens with one attached hydrogen (secondary N) is 2. The number of Topliss-reactive ketones (excluding diaryl/α,β-unsaturated/α-hetero) is 1. The van der Waals surface area contributed by atoms with Gasteiger partial charge in [0, 0.05) is 23.3 Å². The molecule has 0 spiro atoms. The number of carbonyl (C=O) groups excluding carboxylic acids is 1. The molecule has 0 saturated carbocycles. The Morgan fingerprint density at radius 1 is 0.914 bits per heavy atom. The SMILES string of the molecule is COc1cccc(C2Nc3ccccc3NC3=C2C(=O)CC(c2ccc(C(C)(C)C)cc2)C3)c1O. The zero-order valence-corrected chi connectivity index (χ0v) is 20.7. The van der Waals surface area contributed by atoms with E-state index in [-0.39, 0.29) is 22.9 Å². The summed E-state index contributed by atoms with van der Waals surface area (Å²) in [5, 5.41) is 18.0. The smallest absolute Gasteiger partial charge is 0.163 e. The molecule has 3 aromatic carbocycles. The van der Waals surface area contributed by atoms with E-state index in [1.54, 1.807) is 6.07 Å². The molecule has 1 heterocycles. The summed E-state index contributed by atoms with van der Waals surface area (Å²) in [5.74, 6) is 0.604. The third kappa shape index (κ3) is 4.27. The van der Waals surface area contributed by atoms with Crippen molar-refractivity contribution in [3.8, 4) is 11.5 Å². The number of phenolic OH excluding ortho intramolecular Hbond substituents is 1. The molecule has 3 N–H and O–H groups in total. The lowest BCUT2D eigenvalue weighted by Gasteiger charge is -2.30. The normalized spacial score (nSPS) is 19.7. The molecule has 5 nitrogen and oxygen atoms in total. The molecule has 0 aromatic heterocycles. The number of phenols is 1. The minimum atomic E-state index is -0.493. The molecule has 2 atom stereocenters. The van der Waals surface area contributed by atoms with Gasteiger partial charge in [0.25, 0.3) is 0 Å². The Balaban J connectivity index is 1.58. The molecule has 5 rings (SSSR count). The number of carbonyl (C=O) groups is 1. The van der Waals surface area contributed by atoms with Gasteiger partial charge in [0.15, 0.2) is 17.3 Å². The molecule has 35 heavy (non-hydrogen) atoms. The minimum Gasteiger partial charge on any atom is -0.504 e. The number of fused-ring (bicyclic) bond motifs is 1. The molecule has 2 unspecified atom stereocenters. The van der Waals surface area contributed by atoms with Crippen LogP contribution in [0.1, 0.15) is 62.3 Å². The van der Waals surface area contributed by atoms with E-state index in [0.717, 1.165) is 17.1 Å². The monoisotopic (exact) mass is 468 g/mol. The fourth-order valence-electron chi connectivity index (χ4n) is 5.15. The molecule has 5 heteroatoms. The van der Waals surface area contributed by atoms with Crippen molar-refractivity contribution in [1.29, 1.82) is 0 Å². The lowest BCUT2D eigenvalue weighted by Crippen LogP contribution is -2.27. The first kappa shape index (κ1) is 23.0. The summed E-state index contributed by atoms with van der Waals surface area (Å²) in [4.78, 5) is 13.7. The number of aromatic hydroxyl groups is 1. The summed E-state index contributed by atoms with van der Waals surface area (Å²) in [6.07, 6.45) is 1.14. The van der Waals surface area contributed by atoms with Crippen LogP contribution in [0.5, 0.6) is 11.5 Å². The number of anilines is 2. The van der Waals surface area contributed by atoms with Gasteiger partial charge in [-0.2, -0.15) is 0 Å². The average Bonchev–Trinajstić information content (AvgIpc) is 3.00. The average molecular weight is 469 g/mol. The fourth-order valence-corrected chi connectivity index (χ4v) is 5.15. The van der Waals surface area contributed by atoms with Gasteiger partial charge in [0.1, 0.15) is 0 Å². The van der Waals surface area contributed by atoms with Crippen LogP contribution in [0, 0.1) is 0 Å². The number of methoxy groups -OCH3 is 1. The third-order valence-corrected chi connectivity index (χ3v) is 7.12. The van der Waals surface area contributed by atoms with Gasteiger partial charge in [0.05, 0.1) is 24.5 Å². The van der Waals surface area contributed by atoms with Gasteiger partial charge >= 0.3 is 0 Å². The summed E-state index contributed by atoms with van der Waals surface area (Å²) in [6, 6.07) is 21.5. The van der Waals surface area contributed by atoms with Crippen molar-refractivity contribution in [3.63, 3.8) is 0 Å². The number of hydrogen-bond acceptors (Lipinski definition) is 5. The van der Waals surface area contributed by atoms with E-state index in [0.29, 0.717) is 29.7 Å². The zero-order valence-electron chi connectivity index (χ0n) is 20.7. The van der Waals surface area contributed by atoms with E-state index < -0.39 is 6.04 Å². The predicted molar refractivity (Wildman–Crippen MR) is 140 cm³/mol. The molecule has 0 saturated heterocycles. The second kappa shape index (κ2) is 8.81. The molecule has 0 radical (unpaired) electrons. The molecule has 1 aliphatic carbocycles. The van der Waals surface area contributed by atoms with Gasteiger partial charge in [-0.1, -0.05) is 69.3 Å². The van der Waals surface area contributed by atoms with E-state index in [4.69, 9.17) is 4.74 Å². The fraction of sp³-hybridized carbons (Fsp3) is 0.300. The quantitative estimate of drug-likeness (QED) is 0.400. The van der Waals surface area contributed by atoms with Crippen LogP contribution in [0.25, 0.3) is 0 Å². The number of rotatable bonds is 3. The third-order valence-electron chi connectivity index (χ3n) is 7.12. The van der Waals surface area contributed by atoms with Crippen molar-refractivity contribution in [2.24, 2.45) is 0 Å². The Morgan fingerprint density at radius 2 is 1.63 bits per heavy atom. The van der Waals surface area contributed by atoms with Crippen LogP contribution in [0.4, 0.5) is 11.4 Å². The van der Waals surface area contributed by atoms with Crippen LogP contribution in [-0.2, 0) is 10.2 Å². The highest BCUT2D eigenvalue weighted by molar-refractivity contribution is 6.01. The van der Waals surface area contributed by atoms with Crippen LogP contribution in [0.3, 0.4) is 0 Å². The zero-order chi connectivity index (χ0) is 24.7. The van der Waals surface area contributed by atoms with Gasteiger partial charge in [-0.25, -0.2) is 0 Å². The first-order valence-corrected chi connectivity index (χ1v) is 12.1. The Hall–Kier alpha value is -3.73. The topological polar surface area (TPSA) is 70.6 Å². The molecule has 0 amide bonds. The summed E-state index contributed by atoms with van der Waals surface area (Å²) >= 11 is 0. The van der Waals surface area contributed by atoms with E-state index in [1.807, 2.05) is 36.4 Å². The van der Waals surface area contributed by atoms with Crippen molar-refractivity contribution in [3.05, 3.63) is 94.7 Å². The number of allylic oxidation sites excluding steroid dienone is 1. The lowest BCUT2D eigenvalue weighted by atomic mass is 9.77. The maximum atomic E-state index is 13.7. The molecule has 0 fully saturated rings. The predicted octanol–water partition coefficient (Wildman–Crippen LogP) is 6.68. The largest absolute Gasteiger partial charge is 0.504 e. The summed E-state index contributed by atoms with van der Waals surface area (Å²) in [7, 11) is 1.53. The second-order valence-corrected chi connectivity index (χ2v) is 10.4. The maximum absolute atomic E-state index is 13.7. The molecule has 3 aromatic rings. The molecule has 180 valence electrons. The van der Waals surface area contributed by atoms with Crippen LogP contribution in [0.15, 0.2) is 78.0 Å². The van der Waals surface area contributed by atoms with Crippen molar-refractivity contribution >= 4 is 17.2 Å². The maximum Gasteiger partial charge on any atom is 0.163 e. The molecule has 2 aliphatic rings. The van der Waals surface area contributed by atoms with Crippen LogP contribution < -0.4 is 15.4 Å². The van der Waals surface area contributed by atoms with E-state index in [2.05, 4.69) is 55.7 Å². The van der Waals surface area contributed by atoms with E-state index in [9.17, 15) is 9.90 Å². The Kier molecular flexibility index (Phi) is 5.79. The van der Waals surface area contributed by atoms with Crippen LogP contribution >= 0.6 is 0 Å². The Morgan fingerprint density at radius 3 is 2.31 bits per heavy atom. The van der Waals surface area contributed by atoms with Gasteiger partial charge in [-0.15, -0.1) is 0 Å². The number of ether oxygens (including phenoxy) is 1. The van der Waals surface area contributed by atoms with Gasteiger partial charge in [-0.05, 0) is 47.1 Å². The molecular weight excluding hydrogens is 436 g/mol.